The molecule has 0 spiro atoms. The van der Waals surface area contributed by atoms with Crippen LogP contribution in [0.4, 0.5) is 5.69 Å². The molecule has 0 saturated heterocycles. The predicted octanol–water partition coefficient (Wildman–Crippen LogP) is 3.95. The second kappa shape index (κ2) is 8.99. The van der Waals surface area contributed by atoms with Gasteiger partial charge in [-0.25, -0.2) is 4.79 Å². The molecule has 0 saturated carbocycles. The number of carbonyl (C=O) groups is 2. The predicted molar refractivity (Wildman–Crippen MR) is 126 cm³/mol. The van der Waals surface area contributed by atoms with Crippen LogP contribution in [0.5, 0.6) is 11.5 Å². The fourth-order valence-electron chi connectivity index (χ4n) is 3.60. The van der Waals surface area contributed by atoms with Gasteiger partial charge in [0.25, 0.3) is 0 Å². The lowest BCUT2D eigenvalue weighted by Gasteiger charge is -2.13. The van der Waals surface area contributed by atoms with E-state index in [9.17, 15) is 14.7 Å². The number of carboxylic acids is 1. The lowest BCUT2D eigenvalue weighted by molar-refractivity contribution is -0.113. The first-order valence-corrected chi connectivity index (χ1v) is 11.0. The van der Waals surface area contributed by atoms with Gasteiger partial charge in [-0.3, -0.25) is 9.20 Å². The lowest BCUT2D eigenvalue weighted by atomic mass is 10.1. The number of ether oxygens (including phenoxy) is 2. The van der Waals surface area contributed by atoms with E-state index in [1.54, 1.807) is 0 Å². The molecule has 2 N–H and O–H groups in total. The van der Waals surface area contributed by atoms with Gasteiger partial charge in [0, 0.05) is 12.1 Å². The maximum absolute atomic E-state index is 12.7. The molecule has 2 aromatic heterocycles. The Bertz CT molecular complexity index is 1400. The quantitative estimate of drug-likeness (QED) is 0.394. The maximum atomic E-state index is 12.7. The van der Waals surface area contributed by atoms with Gasteiger partial charge in [0.2, 0.25) is 5.91 Å². The molecule has 1 amide bonds. The van der Waals surface area contributed by atoms with E-state index in [-0.39, 0.29) is 28.7 Å². The van der Waals surface area contributed by atoms with E-state index in [2.05, 4.69) is 27.6 Å². The number of benzene rings is 2. The number of pyridine rings is 1. The van der Waals surface area contributed by atoms with Crippen LogP contribution in [-0.4, -0.2) is 51.6 Å². The van der Waals surface area contributed by atoms with Crippen LogP contribution in [0.25, 0.3) is 16.6 Å². The van der Waals surface area contributed by atoms with Gasteiger partial charge in [-0.1, -0.05) is 23.4 Å². The van der Waals surface area contributed by atoms with Crippen LogP contribution in [-0.2, 0) is 4.79 Å². The molecule has 4 rings (SSSR count). The zero-order chi connectivity index (χ0) is 23.7. The SMILES string of the molecule is COc1cc(NC(=O)CSc2nnc3c(C)cc4cc(C)ccc4n23)c(C(=O)O)cc1OC. The molecular formula is C23H22N4O5S. The number of carbonyl (C=O) groups excluding carboxylic acids is 1. The Hall–Kier alpha value is -3.79. The molecule has 0 aliphatic carbocycles. The summed E-state index contributed by atoms with van der Waals surface area (Å²) in [5.74, 6) is -1.00. The molecule has 0 fully saturated rings. The third-order valence-electron chi connectivity index (χ3n) is 5.14. The number of aromatic nitrogens is 3. The number of thioether (sulfide) groups is 1. The van der Waals surface area contributed by atoms with Crippen LogP contribution < -0.4 is 14.8 Å². The number of aryl methyl sites for hydroxylation is 2. The summed E-state index contributed by atoms with van der Waals surface area (Å²) in [6.07, 6.45) is 0. The number of aromatic carboxylic acids is 1. The fraction of sp³-hybridized carbons (Fsp3) is 0.217. The van der Waals surface area contributed by atoms with E-state index in [4.69, 9.17) is 9.47 Å². The highest BCUT2D eigenvalue weighted by Crippen LogP contribution is 2.34. The summed E-state index contributed by atoms with van der Waals surface area (Å²) in [4.78, 5) is 24.4. The van der Waals surface area contributed by atoms with Gasteiger partial charge in [0.1, 0.15) is 0 Å². The van der Waals surface area contributed by atoms with E-state index in [1.807, 2.05) is 30.4 Å². The van der Waals surface area contributed by atoms with Crippen molar-refractivity contribution in [3.63, 3.8) is 0 Å². The smallest absolute Gasteiger partial charge is 0.337 e. The van der Waals surface area contributed by atoms with Crippen LogP contribution in [0.3, 0.4) is 0 Å². The van der Waals surface area contributed by atoms with Crippen molar-refractivity contribution in [1.29, 1.82) is 0 Å². The van der Waals surface area contributed by atoms with E-state index in [1.165, 1.54) is 38.1 Å². The average Bonchev–Trinajstić information content (AvgIpc) is 3.22. The van der Waals surface area contributed by atoms with Gasteiger partial charge in [-0.05, 0) is 43.0 Å². The summed E-state index contributed by atoms with van der Waals surface area (Å²) >= 11 is 1.22. The Balaban J connectivity index is 1.60. The third kappa shape index (κ3) is 4.29. The number of hydrogen-bond acceptors (Lipinski definition) is 7. The van der Waals surface area contributed by atoms with Gasteiger partial charge in [0.15, 0.2) is 22.3 Å². The van der Waals surface area contributed by atoms with Crippen molar-refractivity contribution in [2.45, 2.75) is 19.0 Å². The number of hydrogen-bond donors (Lipinski definition) is 2. The summed E-state index contributed by atoms with van der Waals surface area (Å²) in [5, 5.41) is 22.4. The second-order valence-corrected chi connectivity index (χ2v) is 8.37. The number of nitrogens with one attached hydrogen (secondary N) is 1. The molecule has 4 aromatic rings. The number of nitrogens with zero attached hydrogens (tertiary/aromatic N) is 3. The molecule has 0 unspecified atom stereocenters. The minimum atomic E-state index is -1.19. The van der Waals surface area contributed by atoms with Crippen molar-refractivity contribution >= 4 is 45.9 Å². The highest BCUT2D eigenvalue weighted by Gasteiger charge is 2.19. The molecule has 33 heavy (non-hydrogen) atoms. The van der Waals surface area contributed by atoms with Crippen molar-refractivity contribution in [3.05, 3.63) is 53.1 Å². The zero-order valence-corrected chi connectivity index (χ0v) is 19.3. The lowest BCUT2D eigenvalue weighted by Crippen LogP contribution is -2.17. The van der Waals surface area contributed by atoms with Gasteiger partial charge in [-0.2, -0.15) is 0 Å². The van der Waals surface area contributed by atoms with Crippen LogP contribution in [0.1, 0.15) is 21.5 Å². The molecule has 0 radical (unpaired) electrons. The third-order valence-corrected chi connectivity index (χ3v) is 6.07. The summed E-state index contributed by atoms with van der Waals surface area (Å²) in [7, 11) is 2.85. The Labute approximate surface area is 193 Å². The highest BCUT2D eigenvalue weighted by molar-refractivity contribution is 7.99. The first kappa shape index (κ1) is 22.4. The number of fused-ring (bicyclic) bond motifs is 3. The minimum absolute atomic E-state index is 0.00942. The zero-order valence-electron chi connectivity index (χ0n) is 18.5. The van der Waals surface area contributed by atoms with Crippen LogP contribution in [0.15, 0.2) is 41.6 Å². The minimum Gasteiger partial charge on any atom is -0.493 e. The monoisotopic (exact) mass is 466 g/mol. The Morgan fingerprint density at radius 1 is 1.06 bits per heavy atom. The second-order valence-electron chi connectivity index (χ2n) is 7.43. The molecule has 0 atom stereocenters. The normalized spacial score (nSPS) is 11.0. The Kier molecular flexibility index (Phi) is 6.10. The molecule has 0 bridgehead atoms. The molecular weight excluding hydrogens is 444 g/mol. The number of anilines is 1. The van der Waals surface area contributed by atoms with Gasteiger partial charge in [-0.15, -0.1) is 10.2 Å². The molecule has 0 aliphatic rings. The van der Waals surface area contributed by atoms with Crippen molar-refractivity contribution in [1.82, 2.24) is 14.6 Å². The van der Waals surface area contributed by atoms with Crippen LogP contribution in [0.2, 0.25) is 0 Å². The Morgan fingerprint density at radius 2 is 1.79 bits per heavy atom. The largest absolute Gasteiger partial charge is 0.493 e. The molecule has 170 valence electrons. The topological polar surface area (TPSA) is 115 Å². The van der Waals surface area contributed by atoms with E-state index in [0.717, 1.165) is 27.7 Å². The molecule has 10 heteroatoms. The van der Waals surface area contributed by atoms with Gasteiger partial charge >= 0.3 is 5.97 Å². The molecule has 9 nitrogen and oxygen atoms in total. The van der Waals surface area contributed by atoms with Crippen molar-refractivity contribution in [2.24, 2.45) is 0 Å². The van der Waals surface area contributed by atoms with E-state index < -0.39 is 5.97 Å². The summed E-state index contributed by atoms with van der Waals surface area (Å²) in [5.41, 5.74) is 3.81. The van der Waals surface area contributed by atoms with Gasteiger partial charge in [0.05, 0.1) is 36.7 Å². The fourth-order valence-corrected chi connectivity index (χ4v) is 4.35. The standard InChI is InChI=1S/C23H22N4O5S/c1-12-5-6-17-14(7-12)8-13(2)21-25-26-23(27(17)21)33-11-20(28)24-16-10-19(32-4)18(31-3)9-15(16)22(29)30/h5-10H,11H2,1-4H3,(H,24,28)(H,29,30). The number of amides is 1. The summed E-state index contributed by atoms with van der Waals surface area (Å²) in [6, 6.07) is 10.9. The van der Waals surface area contributed by atoms with Crippen LogP contribution >= 0.6 is 11.8 Å². The first-order valence-electron chi connectivity index (χ1n) is 9.99. The van der Waals surface area contributed by atoms with Crippen molar-refractivity contribution < 1.29 is 24.2 Å². The number of methoxy groups -OCH3 is 2. The molecule has 2 heterocycles. The first-order chi connectivity index (χ1) is 15.8. The van der Waals surface area contributed by atoms with E-state index >= 15 is 0 Å². The van der Waals surface area contributed by atoms with Crippen molar-refractivity contribution in [2.75, 3.05) is 25.3 Å². The van der Waals surface area contributed by atoms with Crippen molar-refractivity contribution in [3.8, 4) is 11.5 Å². The highest BCUT2D eigenvalue weighted by atomic mass is 32.2. The average molecular weight is 467 g/mol. The Morgan fingerprint density at radius 3 is 2.48 bits per heavy atom. The maximum Gasteiger partial charge on any atom is 0.337 e. The summed E-state index contributed by atoms with van der Waals surface area (Å²) in [6.45, 7) is 4.00. The van der Waals surface area contributed by atoms with E-state index in [0.29, 0.717) is 10.9 Å². The summed E-state index contributed by atoms with van der Waals surface area (Å²) < 4.78 is 12.3. The van der Waals surface area contributed by atoms with Crippen LogP contribution in [0, 0.1) is 13.8 Å². The number of rotatable bonds is 7. The van der Waals surface area contributed by atoms with Gasteiger partial charge < -0.3 is 19.9 Å². The molecule has 2 aromatic carbocycles. The number of carboxylic acid groups (broad SMARTS) is 1. The molecule has 0 aliphatic heterocycles.